The van der Waals surface area contributed by atoms with Crippen LogP contribution < -0.4 is 5.32 Å². The van der Waals surface area contributed by atoms with Gasteiger partial charge in [-0.2, -0.15) is 0 Å². The quantitative estimate of drug-likeness (QED) is 0.851. The Morgan fingerprint density at radius 1 is 1.22 bits per heavy atom. The fraction of sp³-hybridized carbons (Fsp3) is 0.176. The number of benzene rings is 2. The van der Waals surface area contributed by atoms with Crippen molar-refractivity contribution in [1.82, 2.24) is 5.32 Å². The number of carbonyl (C=O) groups excluding carboxylic acids is 2. The van der Waals surface area contributed by atoms with E-state index in [9.17, 15) is 14.0 Å². The van der Waals surface area contributed by atoms with Gasteiger partial charge in [0.1, 0.15) is 5.82 Å². The topological polar surface area (TPSA) is 55.4 Å². The minimum atomic E-state index is -0.751. The van der Waals surface area contributed by atoms with Crippen molar-refractivity contribution >= 4 is 23.5 Å². The van der Waals surface area contributed by atoms with Gasteiger partial charge >= 0.3 is 5.97 Å². The summed E-state index contributed by atoms with van der Waals surface area (Å²) in [5, 5.41) is 3.31. The molecule has 2 aromatic rings. The number of halogens is 2. The van der Waals surface area contributed by atoms with Crippen LogP contribution in [-0.4, -0.2) is 18.5 Å². The number of amides is 1. The lowest BCUT2D eigenvalue weighted by molar-refractivity contribution is -0.124. The number of hydrogen-bond acceptors (Lipinski definition) is 3. The molecule has 0 aromatic heterocycles. The first-order valence-corrected chi connectivity index (χ1v) is 7.31. The van der Waals surface area contributed by atoms with Crippen LogP contribution in [0.15, 0.2) is 48.5 Å². The van der Waals surface area contributed by atoms with Gasteiger partial charge < -0.3 is 10.1 Å². The highest BCUT2D eigenvalue weighted by Crippen LogP contribution is 2.15. The predicted octanol–water partition coefficient (Wildman–Crippen LogP) is 3.51. The molecule has 4 nitrogen and oxygen atoms in total. The van der Waals surface area contributed by atoms with E-state index in [0.717, 1.165) is 11.6 Å². The normalized spacial score (nSPS) is 11.6. The highest BCUT2D eigenvalue weighted by molar-refractivity contribution is 6.30. The van der Waals surface area contributed by atoms with E-state index >= 15 is 0 Å². The molecule has 6 heteroatoms. The van der Waals surface area contributed by atoms with Gasteiger partial charge in [0, 0.05) is 5.02 Å². The van der Waals surface area contributed by atoms with Crippen molar-refractivity contribution in [3.8, 4) is 0 Å². The van der Waals surface area contributed by atoms with E-state index in [4.69, 9.17) is 16.3 Å². The summed E-state index contributed by atoms with van der Waals surface area (Å²) in [5.41, 5.74) is 0.933. The Balaban J connectivity index is 1.85. The molecule has 0 bridgehead atoms. The molecular weight excluding hydrogens is 321 g/mol. The van der Waals surface area contributed by atoms with Gasteiger partial charge in [-0.25, -0.2) is 9.18 Å². The highest BCUT2D eigenvalue weighted by Gasteiger charge is 2.13. The molecule has 0 heterocycles. The van der Waals surface area contributed by atoms with Crippen molar-refractivity contribution in [2.75, 3.05) is 6.61 Å². The molecule has 1 N–H and O–H groups in total. The third kappa shape index (κ3) is 5.07. The van der Waals surface area contributed by atoms with Gasteiger partial charge in [0.25, 0.3) is 5.91 Å². The van der Waals surface area contributed by atoms with Crippen molar-refractivity contribution in [1.29, 1.82) is 0 Å². The van der Waals surface area contributed by atoms with Crippen LogP contribution in [0.3, 0.4) is 0 Å². The molecule has 0 saturated heterocycles. The fourth-order valence-corrected chi connectivity index (χ4v) is 2.07. The van der Waals surface area contributed by atoms with E-state index in [0.29, 0.717) is 5.02 Å². The summed E-state index contributed by atoms with van der Waals surface area (Å²) in [4.78, 5) is 23.5. The van der Waals surface area contributed by atoms with E-state index in [1.54, 1.807) is 31.2 Å². The first-order valence-electron chi connectivity index (χ1n) is 6.93. The molecule has 1 atom stereocenters. The first-order chi connectivity index (χ1) is 11.0. The molecule has 0 aliphatic carbocycles. The third-order valence-corrected chi connectivity index (χ3v) is 3.39. The number of nitrogens with one attached hydrogen (secondary N) is 1. The molecule has 120 valence electrons. The summed E-state index contributed by atoms with van der Waals surface area (Å²) in [6.45, 7) is 1.36. The van der Waals surface area contributed by atoms with Gasteiger partial charge in [-0.3, -0.25) is 4.79 Å². The summed E-state index contributed by atoms with van der Waals surface area (Å²) in [6, 6.07) is 11.9. The largest absolute Gasteiger partial charge is 0.452 e. The third-order valence-electron chi connectivity index (χ3n) is 3.14. The smallest absolute Gasteiger partial charge is 0.338 e. The molecule has 0 aliphatic rings. The Labute approximate surface area is 138 Å². The van der Waals surface area contributed by atoms with Crippen LogP contribution in [0.2, 0.25) is 5.02 Å². The monoisotopic (exact) mass is 335 g/mol. The first kappa shape index (κ1) is 17.0. The molecule has 2 rings (SSSR count). The zero-order valence-electron chi connectivity index (χ0n) is 12.4. The van der Waals surface area contributed by atoms with E-state index in [1.807, 2.05) is 0 Å². The zero-order valence-corrected chi connectivity index (χ0v) is 13.1. The molecule has 0 unspecified atom stereocenters. The lowest BCUT2D eigenvalue weighted by atomic mass is 10.1. The lowest BCUT2D eigenvalue weighted by Gasteiger charge is -2.14. The van der Waals surface area contributed by atoms with Crippen molar-refractivity contribution in [3.05, 3.63) is 70.5 Å². The number of carbonyl (C=O) groups is 2. The summed E-state index contributed by atoms with van der Waals surface area (Å²) in [6.07, 6.45) is 0. The zero-order chi connectivity index (χ0) is 16.8. The molecule has 2 aromatic carbocycles. The van der Waals surface area contributed by atoms with Crippen molar-refractivity contribution < 1.29 is 18.7 Å². The van der Waals surface area contributed by atoms with E-state index < -0.39 is 24.3 Å². The predicted molar refractivity (Wildman–Crippen MR) is 84.7 cm³/mol. The van der Waals surface area contributed by atoms with Crippen LogP contribution in [0, 0.1) is 5.82 Å². The molecule has 0 fully saturated rings. The van der Waals surface area contributed by atoms with Gasteiger partial charge in [-0.05, 0) is 42.8 Å². The number of ether oxygens (including phenoxy) is 1. The van der Waals surface area contributed by atoms with Crippen molar-refractivity contribution in [2.24, 2.45) is 0 Å². The summed E-state index contributed by atoms with van der Waals surface area (Å²) in [5.74, 6) is -1.74. The van der Waals surface area contributed by atoms with Gasteiger partial charge in [0.2, 0.25) is 0 Å². The maximum Gasteiger partial charge on any atom is 0.338 e. The second-order valence-corrected chi connectivity index (χ2v) is 5.36. The minimum Gasteiger partial charge on any atom is -0.452 e. The number of esters is 1. The van der Waals surface area contributed by atoms with Gasteiger partial charge in [0.05, 0.1) is 11.6 Å². The van der Waals surface area contributed by atoms with Crippen LogP contribution in [0.4, 0.5) is 4.39 Å². The number of rotatable bonds is 5. The Bertz CT molecular complexity index is 703. The average molecular weight is 336 g/mol. The van der Waals surface area contributed by atoms with Crippen LogP contribution in [0.25, 0.3) is 0 Å². The fourth-order valence-electron chi connectivity index (χ4n) is 1.95. The summed E-state index contributed by atoms with van der Waals surface area (Å²) < 4.78 is 17.9. The van der Waals surface area contributed by atoms with Crippen LogP contribution in [0.5, 0.6) is 0 Å². The standard InChI is InChI=1S/C17H15ClFNO3/c1-11(12-5-7-14(18)8-6-12)20-16(21)10-23-17(22)13-3-2-4-15(19)9-13/h2-9,11H,10H2,1H3,(H,20,21)/t11-/m0/s1. The van der Waals surface area contributed by atoms with Crippen LogP contribution >= 0.6 is 11.6 Å². The van der Waals surface area contributed by atoms with E-state index in [1.165, 1.54) is 18.2 Å². The van der Waals surface area contributed by atoms with Crippen LogP contribution in [-0.2, 0) is 9.53 Å². The molecular formula is C17H15ClFNO3. The summed E-state index contributed by atoms with van der Waals surface area (Å²) >= 11 is 5.80. The Morgan fingerprint density at radius 3 is 2.57 bits per heavy atom. The number of hydrogen-bond donors (Lipinski definition) is 1. The Hall–Kier alpha value is -2.40. The summed E-state index contributed by atoms with van der Waals surface area (Å²) in [7, 11) is 0. The second-order valence-electron chi connectivity index (χ2n) is 4.93. The highest BCUT2D eigenvalue weighted by atomic mass is 35.5. The van der Waals surface area contributed by atoms with Gasteiger partial charge in [-0.1, -0.05) is 29.8 Å². The molecule has 0 aliphatic heterocycles. The van der Waals surface area contributed by atoms with Crippen LogP contribution in [0.1, 0.15) is 28.9 Å². The molecule has 0 radical (unpaired) electrons. The molecule has 0 spiro atoms. The molecule has 0 saturated carbocycles. The van der Waals surface area contributed by atoms with E-state index in [2.05, 4.69) is 5.32 Å². The van der Waals surface area contributed by atoms with Crippen molar-refractivity contribution in [3.63, 3.8) is 0 Å². The maximum atomic E-state index is 13.0. The molecule has 23 heavy (non-hydrogen) atoms. The van der Waals surface area contributed by atoms with Gasteiger partial charge in [-0.15, -0.1) is 0 Å². The van der Waals surface area contributed by atoms with Crippen molar-refractivity contribution in [2.45, 2.75) is 13.0 Å². The second kappa shape index (κ2) is 7.74. The Morgan fingerprint density at radius 2 is 1.91 bits per heavy atom. The lowest BCUT2D eigenvalue weighted by Crippen LogP contribution is -2.31. The minimum absolute atomic E-state index is 0.0588. The van der Waals surface area contributed by atoms with Gasteiger partial charge in [0.15, 0.2) is 6.61 Å². The van der Waals surface area contributed by atoms with E-state index in [-0.39, 0.29) is 11.6 Å². The SMILES string of the molecule is C[C@H](NC(=O)COC(=O)c1cccc(F)c1)c1ccc(Cl)cc1. The maximum absolute atomic E-state index is 13.0. The average Bonchev–Trinajstić information content (AvgIpc) is 2.53. The Kier molecular flexibility index (Phi) is 5.71. The molecule has 1 amide bonds.